The summed E-state index contributed by atoms with van der Waals surface area (Å²) in [5.74, 6) is 0.864. The van der Waals surface area contributed by atoms with Crippen molar-refractivity contribution in [2.24, 2.45) is 0 Å². The van der Waals surface area contributed by atoms with Crippen LogP contribution in [0.4, 0.5) is 0 Å². The molecule has 1 aliphatic heterocycles. The summed E-state index contributed by atoms with van der Waals surface area (Å²) in [4.78, 5) is 35.1. The zero-order chi connectivity index (χ0) is 24.6. The molecule has 7 nitrogen and oxygen atoms in total. The number of pyridine rings is 1. The highest BCUT2D eigenvalue weighted by molar-refractivity contribution is 5.97. The van der Waals surface area contributed by atoms with E-state index in [2.05, 4.69) is 4.98 Å². The molecule has 0 bridgehead atoms. The van der Waals surface area contributed by atoms with Crippen molar-refractivity contribution >= 4 is 11.8 Å². The molecule has 0 radical (unpaired) electrons. The zero-order valence-electron chi connectivity index (χ0n) is 20.9. The number of aromatic nitrogens is 1. The number of ether oxygens (including phenoxy) is 2. The quantitative estimate of drug-likeness (QED) is 0.609. The topological polar surface area (TPSA) is 72.0 Å². The number of nitrogens with zero attached hydrogens (tertiary/aromatic N) is 3. The largest absolute Gasteiger partial charge is 0.487 e. The Labute approximate surface area is 208 Å². The molecule has 1 aliphatic carbocycles. The molecule has 0 N–H and O–H groups in total. The Morgan fingerprint density at radius 2 is 1.71 bits per heavy atom. The summed E-state index contributed by atoms with van der Waals surface area (Å²) in [5.41, 5.74) is 1.07. The summed E-state index contributed by atoms with van der Waals surface area (Å²) < 4.78 is 12.0. The van der Waals surface area contributed by atoms with E-state index in [1.807, 2.05) is 36.2 Å². The highest BCUT2D eigenvalue weighted by atomic mass is 16.5. The second-order valence-electron chi connectivity index (χ2n) is 9.56. The van der Waals surface area contributed by atoms with Crippen LogP contribution in [0.1, 0.15) is 78.5 Å². The van der Waals surface area contributed by atoms with Crippen LogP contribution in [0.2, 0.25) is 0 Å². The smallest absolute Gasteiger partial charge is 0.259 e. The predicted octanol–water partition coefficient (Wildman–Crippen LogP) is 4.96. The first-order valence-electron chi connectivity index (χ1n) is 12.9. The van der Waals surface area contributed by atoms with Gasteiger partial charge in [-0.05, 0) is 56.4 Å². The van der Waals surface area contributed by atoms with E-state index >= 15 is 0 Å². The van der Waals surface area contributed by atoms with Gasteiger partial charge in [0.15, 0.2) is 0 Å². The Morgan fingerprint density at radius 3 is 2.54 bits per heavy atom. The molecule has 1 fully saturated rings. The van der Waals surface area contributed by atoms with Gasteiger partial charge < -0.3 is 19.3 Å². The second-order valence-corrected chi connectivity index (χ2v) is 9.56. The Kier molecular flexibility index (Phi) is 8.61. The van der Waals surface area contributed by atoms with Crippen molar-refractivity contribution in [3.8, 4) is 11.6 Å². The molecule has 0 saturated heterocycles. The van der Waals surface area contributed by atoms with Crippen molar-refractivity contribution < 1.29 is 19.1 Å². The fourth-order valence-electron chi connectivity index (χ4n) is 5.24. The fraction of sp³-hybridized carbons (Fsp3) is 0.536. The number of carbonyl (C=O) groups is 2. The maximum atomic E-state index is 13.9. The van der Waals surface area contributed by atoms with Crippen LogP contribution < -0.4 is 9.47 Å². The van der Waals surface area contributed by atoms with Crippen LogP contribution in [0, 0.1) is 0 Å². The first-order chi connectivity index (χ1) is 17.1. The number of rotatable bonds is 2. The lowest BCUT2D eigenvalue weighted by atomic mass is 9.90. The van der Waals surface area contributed by atoms with E-state index in [1.165, 1.54) is 0 Å². The summed E-state index contributed by atoms with van der Waals surface area (Å²) in [6.45, 7) is 1.40. The molecular weight excluding hydrogens is 442 g/mol. The Morgan fingerprint density at radius 1 is 0.971 bits per heavy atom. The maximum Gasteiger partial charge on any atom is 0.259 e. The van der Waals surface area contributed by atoms with Gasteiger partial charge in [0.2, 0.25) is 5.88 Å². The minimum Gasteiger partial charge on any atom is -0.487 e. The van der Waals surface area contributed by atoms with E-state index in [0.29, 0.717) is 29.3 Å². The number of amides is 2. The predicted molar refractivity (Wildman–Crippen MR) is 135 cm³/mol. The third kappa shape index (κ3) is 5.95. The van der Waals surface area contributed by atoms with Gasteiger partial charge in [-0.1, -0.05) is 37.8 Å². The number of hydrogen-bond acceptors (Lipinski definition) is 5. The van der Waals surface area contributed by atoms with Crippen LogP contribution in [0.3, 0.4) is 0 Å². The Hall–Kier alpha value is -3.09. The maximum absolute atomic E-state index is 13.9. The molecule has 2 heterocycles. The van der Waals surface area contributed by atoms with E-state index < -0.39 is 0 Å². The molecule has 188 valence electrons. The van der Waals surface area contributed by atoms with Crippen molar-refractivity contribution in [1.29, 1.82) is 0 Å². The van der Waals surface area contributed by atoms with Crippen LogP contribution in [-0.2, 0) is 0 Å². The Bertz CT molecular complexity index is 1010. The molecular formula is C28H37N3O4. The van der Waals surface area contributed by atoms with E-state index in [9.17, 15) is 9.59 Å². The molecule has 1 aromatic heterocycles. The average molecular weight is 480 g/mol. The van der Waals surface area contributed by atoms with E-state index in [1.54, 1.807) is 30.3 Å². The van der Waals surface area contributed by atoms with Gasteiger partial charge in [-0.3, -0.25) is 9.59 Å². The SMILES string of the molecule is COc1ncccc1C(=O)N1CCCCCCCN(C)C(=O)c2ccccc2O[C@H]2CCCC[C@H]21. The van der Waals surface area contributed by atoms with Gasteiger partial charge in [0.05, 0.1) is 18.7 Å². The first-order valence-corrected chi connectivity index (χ1v) is 12.9. The van der Waals surface area contributed by atoms with Crippen LogP contribution in [-0.4, -0.2) is 66.0 Å². The molecule has 7 heteroatoms. The summed E-state index contributed by atoms with van der Waals surface area (Å²) in [6, 6.07) is 11.0. The van der Waals surface area contributed by atoms with Gasteiger partial charge in [0.25, 0.3) is 11.8 Å². The van der Waals surface area contributed by atoms with Crippen LogP contribution >= 0.6 is 0 Å². The normalized spacial score (nSPS) is 22.2. The van der Waals surface area contributed by atoms with Gasteiger partial charge in [-0.2, -0.15) is 0 Å². The minimum atomic E-state index is -0.181. The van der Waals surface area contributed by atoms with E-state index in [0.717, 1.165) is 64.3 Å². The van der Waals surface area contributed by atoms with E-state index in [-0.39, 0.29) is 24.0 Å². The lowest BCUT2D eigenvalue weighted by molar-refractivity contribution is 0.0268. The standard InChI is InChI=1S/C28H37N3O4/c1-30-19-10-4-3-5-11-20-31(28(33)22-14-12-18-29-26(22)34-2)23-15-7-9-17-25(23)35-24-16-8-6-13-21(24)27(30)32/h6,8,12-14,16,18,23,25H,3-5,7,9-11,15,17,19-20H2,1-2H3/t23-,25+/m1/s1. The molecule has 2 aliphatic rings. The highest BCUT2D eigenvalue weighted by Crippen LogP contribution is 2.32. The summed E-state index contributed by atoms with van der Waals surface area (Å²) in [5, 5.41) is 0. The monoisotopic (exact) mass is 479 g/mol. The van der Waals surface area contributed by atoms with Gasteiger partial charge in [-0.25, -0.2) is 4.98 Å². The lowest BCUT2D eigenvalue weighted by Crippen LogP contribution is -2.51. The van der Waals surface area contributed by atoms with Gasteiger partial charge in [0, 0.05) is 26.3 Å². The minimum absolute atomic E-state index is 0.0177. The van der Waals surface area contributed by atoms with Crippen molar-refractivity contribution in [2.45, 2.75) is 69.9 Å². The number of methoxy groups -OCH3 is 1. The molecule has 4 rings (SSSR count). The first kappa shape index (κ1) is 25.0. The number of benzene rings is 1. The van der Waals surface area contributed by atoms with Crippen molar-refractivity contribution in [3.63, 3.8) is 0 Å². The summed E-state index contributed by atoms with van der Waals surface area (Å²) in [7, 11) is 3.41. The number of para-hydroxylation sites is 1. The number of carbonyl (C=O) groups excluding carboxylic acids is 2. The van der Waals surface area contributed by atoms with Crippen molar-refractivity contribution in [1.82, 2.24) is 14.8 Å². The molecule has 2 atom stereocenters. The van der Waals surface area contributed by atoms with Crippen LogP contribution in [0.5, 0.6) is 11.6 Å². The fourth-order valence-corrected chi connectivity index (χ4v) is 5.24. The molecule has 1 saturated carbocycles. The van der Waals surface area contributed by atoms with E-state index in [4.69, 9.17) is 9.47 Å². The van der Waals surface area contributed by atoms with Crippen LogP contribution in [0.15, 0.2) is 42.6 Å². The summed E-state index contributed by atoms with van der Waals surface area (Å²) >= 11 is 0. The summed E-state index contributed by atoms with van der Waals surface area (Å²) in [6.07, 6.45) is 10.3. The second kappa shape index (κ2) is 12.0. The van der Waals surface area contributed by atoms with Crippen molar-refractivity contribution in [2.75, 3.05) is 27.2 Å². The molecule has 0 spiro atoms. The third-order valence-electron chi connectivity index (χ3n) is 7.16. The van der Waals surface area contributed by atoms with Crippen molar-refractivity contribution in [3.05, 3.63) is 53.7 Å². The Balaban J connectivity index is 1.69. The number of hydrogen-bond donors (Lipinski definition) is 0. The van der Waals surface area contributed by atoms with Gasteiger partial charge in [-0.15, -0.1) is 0 Å². The molecule has 1 aromatic carbocycles. The molecule has 35 heavy (non-hydrogen) atoms. The lowest BCUT2D eigenvalue weighted by Gasteiger charge is -2.40. The van der Waals surface area contributed by atoms with Gasteiger partial charge >= 0.3 is 0 Å². The molecule has 0 unspecified atom stereocenters. The zero-order valence-corrected chi connectivity index (χ0v) is 20.9. The molecule has 2 aromatic rings. The third-order valence-corrected chi connectivity index (χ3v) is 7.16. The van der Waals surface area contributed by atoms with Gasteiger partial charge in [0.1, 0.15) is 17.4 Å². The average Bonchev–Trinajstić information content (AvgIpc) is 2.90. The number of fused-ring (bicyclic) bond motifs is 2. The van der Waals surface area contributed by atoms with Crippen LogP contribution in [0.25, 0.3) is 0 Å². The highest BCUT2D eigenvalue weighted by Gasteiger charge is 2.36. The molecule has 2 amide bonds.